The highest BCUT2D eigenvalue weighted by atomic mass is 16.5. The molecule has 5 nitrogen and oxygen atoms in total. The highest BCUT2D eigenvalue weighted by Gasteiger charge is 2.27. The Hall–Kier alpha value is -1.59. The number of carbonyl (C=O) groups excluding carboxylic acids is 1. The number of nitrogens with zero attached hydrogens (tertiary/aromatic N) is 1. The second-order valence-corrected chi connectivity index (χ2v) is 5.76. The highest BCUT2D eigenvalue weighted by molar-refractivity contribution is 5.87. The number of anilines is 1. The van der Waals surface area contributed by atoms with Crippen LogP contribution in [0.25, 0.3) is 0 Å². The molecule has 1 saturated heterocycles. The number of aryl methyl sites for hydroxylation is 1. The molecule has 3 rings (SSSR count). The summed E-state index contributed by atoms with van der Waals surface area (Å²) in [6, 6.07) is 6.08. The Morgan fingerprint density at radius 1 is 1.43 bits per heavy atom. The van der Waals surface area contributed by atoms with E-state index in [-0.39, 0.29) is 11.9 Å². The van der Waals surface area contributed by atoms with Gasteiger partial charge in [0.15, 0.2) is 0 Å². The number of ether oxygens (including phenoxy) is 1. The number of morpholine rings is 1. The van der Waals surface area contributed by atoms with Gasteiger partial charge in [0.1, 0.15) is 6.04 Å². The summed E-state index contributed by atoms with van der Waals surface area (Å²) in [5.74, 6) is 0.0962. The van der Waals surface area contributed by atoms with Crippen molar-refractivity contribution < 1.29 is 9.53 Å². The van der Waals surface area contributed by atoms with Crippen LogP contribution in [0.5, 0.6) is 0 Å². The minimum absolute atomic E-state index is 0.0962. The quantitative estimate of drug-likeness (QED) is 0.860. The van der Waals surface area contributed by atoms with Gasteiger partial charge < -0.3 is 15.4 Å². The summed E-state index contributed by atoms with van der Waals surface area (Å²) >= 11 is 0. The third-order valence-corrected chi connectivity index (χ3v) is 4.25. The molecule has 21 heavy (non-hydrogen) atoms. The van der Waals surface area contributed by atoms with Gasteiger partial charge >= 0.3 is 0 Å². The van der Waals surface area contributed by atoms with Crippen molar-refractivity contribution in [3.63, 3.8) is 0 Å². The Balaban J connectivity index is 1.46. The van der Waals surface area contributed by atoms with E-state index in [0.717, 1.165) is 45.0 Å². The maximum Gasteiger partial charge on any atom is 0.242 e. The van der Waals surface area contributed by atoms with Gasteiger partial charge in [-0.25, -0.2) is 0 Å². The summed E-state index contributed by atoms with van der Waals surface area (Å²) in [4.78, 5) is 14.6. The summed E-state index contributed by atoms with van der Waals surface area (Å²) in [7, 11) is 0. The zero-order valence-corrected chi connectivity index (χ0v) is 12.5. The molecule has 0 radical (unpaired) electrons. The summed E-state index contributed by atoms with van der Waals surface area (Å²) < 4.78 is 5.32. The fourth-order valence-electron chi connectivity index (χ4n) is 2.99. The lowest BCUT2D eigenvalue weighted by Crippen LogP contribution is -2.44. The Morgan fingerprint density at radius 2 is 2.24 bits per heavy atom. The molecule has 1 fully saturated rings. The van der Waals surface area contributed by atoms with E-state index in [0.29, 0.717) is 6.54 Å². The first-order valence-corrected chi connectivity index (χ1v) is 7.67. The van der Waals surface area contributed by atoms with Gasteiger partial charge in [-0.05, 0) is 18.1 Å². The lowest BCUT2D eigenvalue weighted by Gasteiger charge is -2.26. The smallest absolute Gasteiger partial charge is 0.242 e. The normalized spacial score (nSPS) is 21.7. The molecular formula is C16H23N3O2. The summed E-state index contributed by atoms with van der Waals surface area (Å²) in [6.45, 7) is 7.19. The molecule has 0 bridgehead atoms. The molecule has 0 spiro atoms. The van der Waals surface area contributed by atoms with Crippen molar-refractivity contribution in [3.05, 3.63) is 29.3 Å². The van der Waals surface area contributed by atoms with Crippen LogP contribution in [0.3, 0.4) is 0 Å². The van der Waals surface area contributed by atoms with Crippen LogP contribution < -0.4 is 10.6 Å². The van der Waals surface area contributed by atoms with E-state index in [9.17, 15) is 4.79 Å². The van der Waals surface area contributed by atoms with Gasteiger partial charge in [0.05, 0.1) is 13.2 Å². The first kappa shape index (κ1) is 14.4. The minimum atomic E-state index is -0.134. The standard InChI is InChI=1S/C16H23N3O2/c1-12-3-2-4-13-11-14(18-15(12)13)16(20)17-5-6-19-7-9-21-10-8-19/h2-4,14,18H,5-11H2,1H3,(H,17,20). The predicted octanol–water partition coefficient (Wildman–Crippen LogP) is 0.780. The Morgan fingerprint density at radius 3 is 3.00 bits per heavy atom. The number of hydrogen-bond donors (Lipinski definition) is 2. The Kier molecular flexibility index (Phi) is 4.41. The second kappa shape index (κ2) is 6.45. The summed E-state index contributed by atoms with van der Waals surface area (Å²) in [6.07, 6.45) is 0.778. The van der Waals surface area contributed by atoms with Crippen LogP contribution in [-0.4, -0.2) is 56.2 Å². The topological polar surface area (TPSA) is 53.6 Å². The fourth-order valence-corrected chi connectivity index (χ4v) is 2.99. The lowest BCUT2D eigenvalue weighted by atomic mass is 10.1. The molecule has 0 saturated carbocycles. The minimum Gasteiger partial charge on any atom is -0.379 e. The molecule has 1 atom stereocenters. The van der Waals surface area contributed by atoms with Crippen molar-refractivity contribution in [1.29, 1.82) is 0 Å². The molecular weight excluding hydrogens is 266 g/mol. The molecule has 2 aliphatic heterocycles. The van der Waals surface area contributed by atoms with E-state index in [2.05, 4.69) is 40.7 Å². The number of fused-ring (bicyclic) bond motifs is 1. The second-order valence-electron chi connectivity index (χ2n) is 5.76. The number of para-hydroxylation sites is 1. The van der Waals surface area contributed by atoms with Crippen molar-refractivity contribution in [1.82, 2.24) is 10.2 Å². The zero-order chi connectivity index (χ0) is 14.7. The molecule has 1 aromatic rings. The SMILES string of the molecule is Cc1cccc2c1NC(C(=O)NCCN1CCOCC1)C2. The van der Waals surface area contributed by atoms with Crippen LogP contribution in [-0.2, 0) is 16.0 Å². The van der Waals surface area contributed by atoms with Crippen molar-refractivity contribution in [3.8, 4) is 0 Å². The first-order chi connectivity index (χ1) is 10.2. The number of carbonyl (C=O) groups is 1. The molecule has 1 aromatic carbocycles. The van der Waals surface area contributed by atoms with E-state index in [1.807, 2.05) is 0 Å². The van der Waals surface area contributed by atoms with Crippen LogP contribution >= 0.6 is 0 Å². The maximum atomic E-state index is 12.3. The molecule has 0 aromatic heterocycles. The van der Waals surface area contributed by atoms with E-state index >= 15 is 0 Å². The van der Waals surface area contributed by atoms with Crippen molar-refractivity contribution >= 4 is 11.6 Å². The molecule has 5 heteroatoms. The molecule has 1 amide bonds. The van der Waals surface area contributed by atoms with Gasteiger partial charge in [-0.15, -0.1) is 0 Å². The van der Waals surface area contributed by atoms with Gasteiger partial charge in [0, 0.05) is 38.3 Å². The average Bonchev–Trinajstić information content (AvgIpc) is 2.94. The number of nitrogens with one attached hydrogen (secondary N) is 2. The van der Waals surface area contributed by atoms with E-state index in [1.165, 1.54) is 11.1 Å². The first-order valence-electron chi connectivity index (χ1n) is 7.67. The fraction of sp³-hybridized carbons (Fsp3) is 0.562. The summed E-state index contributed by atoms with van der Waals surface area (Å²) in [5, 5.41) is 6.39. The monoisotopic (exact) mass is 289 g/mol. The molecule has 2 aliphatic rings. The van der Waals surface area contributed by atoms with Gasteiger partial charge in [-0.2, -0.15) is 0 Å². The summed E-state index contributed by atoms with van der Waals surface area (Å²) in [5.41, 5.74) is 3.57. The van der Waals surface area contributed by atoms with Crippen molar-refractivity contribution in [2.75, 3.05) is 44.7 Å². The Labute approximate surface area is 125 Å². The van der Waals surface area contributed by atoms with Gasteiger partial charge in [-0.3, -0.25) is 9.69 Å². The van der Waals surface area contributed by atoms with E-state index in [4.69, 9.17) is 4.74 Å². The number of hydrogen-bond acceptors (Lipinski definition) is 4. The predicted molar refractivity (Wildman–Crippen MR) is 82.6 cm³/mol. The van der Waals surface area contributed by atoms with Gasteiger partial charge in [0.2, 0.25) is 5.91 Å². The van der Waals surface area contributed by atoms with Crippen LogP contribution in [0.1, 0.15) is 11.1 Å². The largest absolute Gasteiger partial charge is 0.379 e. The third-order valence-electron chi connectivity index (χ3n) is 4.25. The molecule has 1 unspecified atom stereocenters. The molecule has 114 valence electrons. The number of benzene rings is 1. The van der Waals surface area contributed by atoms with Crippen LogP contribution in [0.2, 0.25) is 0 Å². The number of amides is 1. The third kappa shape index (κ3) is 3.36. The lowest BCUT2D eigenvalue weighted by molar-refractivity contribution is -0.121. The van der Waals surface area contributed by atoms with Gasteiger partial charge in [0.25, 0.3) is 0 Å². The van der Waals surface area contributed by atoms with Crippen molar-refractivity contribution in [2.24, 2.45) is 0 Å². The van der Waals surface area contributed by atoms with Gasteiger partial charge in [-0.1, -0.05) is 18.2 Å². The maximum absolute atomic E-state index is 12.3. The van der Waals surface area contributed by atoms with E-state index in [1.54, 1.807) is 0 Å². The van der Waals surface area contributed by atoms with Crippen molar-refractivity contribution in [2.45, 2.75) is 19.4 Å². The van der Waals surface area contributed by atoms with E-state index < -0.39 is 0 Å². The average molecular weight is 289 g/mol. The van der Waals surface area contributed by atoms with Crippen LogP contribution in [0.4, 0.5) is 5.69 Å². The highest BCUT2D eigenvalue weighted by Crippen LogP contribution is 2.28. The van der Waals surface area contributed by atoms with Crippen LogP contribution in [0, 0.1) is 6.92 Å². The van der Waals surface area contributed by atoms with Crippen LogP contribution in [0.15, 0.2) is 18.2 Å². The molecule has 2 heterocycles. The molecule has 0 aliphatic carbocycles. The Bertz CT molecular complexity index is 512. The number of rotatable bonds is 4. The zero-order valence-electron chi connectivity index (χ0n) is 12.5. The molecule has 2 N–H and O–H groups in total.